The van der Waals surface area contributed by atoms with E-state index in [1.54, 1.807) is 6.20 Å². The highest BCUT2D eigenvalue weighted by atomic mass is 32.2. The molecule has 5 nitrogen and oxygen atoms in total. The minimum atomic E-state index is -3.42. The van der Waals surface area contributed by atoms with E-state index in [9.17, 15) is 8.42 Å². The Morgan fingerprint density at radius 1 is 1.44 bits per heavy atom. The predicted octanol–water partition coefficient (Wildman–Crippen LogP) is 1.08. The summed E-state index contributed by atoms with van der Waals surface area (Å²) in [4.78, 5) is 4.17. The minimum Gasteiger partial charge on any atom is -0.241 e. The maximum absolute atomic E-state index is 12.2. The quantitative estimate of drug-likeness (QED) is 0.888. The van der Waals surface area contributed by atoms with E-state index >= 15 is 0 Å². The van der Waals surface area contributed by atoms with Gasteiger partial charge < -0.3 is 0 Å². The van der Waals surface area contributed by atoms with E-state index in [0.29, 0.717) is 24.8 Å². The summed E-state index contributed by atoms with van der Waals surface area (Å²) in [5.41, 5.74) is 1.01. The molecule has 0 aromatic carbocycles. The Hall–Kier alpha value is -1.14. The largest absolute Gasteiger partial charge is 0.302 e. The SMILES string of the molecule is O=S(=O)(NCC1CCC1)N1CCc2cccnc21. The fourth-order valence-electron chi connectivity index (χ4n) is 2.41. The summed E-state index contributed by atoms with van der Waals surface area (Å²) in [5.74, 6) is 1.10. The number of pyridine rings is 1. The molecule has 1 aromatic rings. The van der Waals surface area contributed by atoms with E-state index in [1.165, 1.54) is 10.7 Å². The van der Waals surface area contributed by atoms with Crippen molar-refractivity contribution in [3.63, 3.8) is 0 Å². The Labute approximate surface area is 107 Å². The van der Waals surface area contributed by atoms with Crippen LogP contribution in [0, 0.1) is 5.92 Å². The summed E-state index contributed by atoms with van der Waals surface area (Å²) in [6.07, 6.45) is 5.88. The highest BCUT2D eigenvalue weighted by Crippen LogP contribution is 2.28. The molecule has 0 saturated heterocycles. The summed E-state index contributed by atoms with van der Waals surface area (Å²) in [6, 6.07) is 3.78. The van der Waals surface area contributed by atoms with E-state index in [0.717, 1.165) is 24.8 Å². The van der Waals surface area contributed by atoms with Crippen LogP contribution < -0.4 is 9.03 Å². The first-order valence-electron chi connectivity index (χ1n) is 6.38. The van der Waals surface area contributed by atoms with Crippen molar-refractivity contribution in [3.8, 4) is 0 Å². The van der Waals surface area contributed by atoms with Gasteiger partial charge in [-0.05, 0) is 36.8 Å². The first-order chi connectivity index (χ1) is 8.67. The molecule has 1 aromatic heterocycles. The van der Waals surface area contributed by atoms with Gasteiger partial charge in [-0.1, -0.05) is 12.5 Å². The summed E-state index contributed by atoms with van der Waals surface area (Å²) < 4.78 is 28.5. The molecule has 18 heavy (non-hydrogen) atoms. The first kappa shape index (κ1) is 11.9. The number of nitrogens with zero attached hydrogens (tertiary/aromatic N) is 2. The van der Waals surface area contributed by atoms with Crippen LogP contribution in [-0.2, 0) is 16.6 Å². The third kappa shape index (κ3) is 2.10. The number of hydrogen-bond acceptors (Lipinski definition) is 3. The van der Waals surface area contributed by atoms with Crippen molar-refractivity contribution in [3.05, 3.63) is 23.9 Å². The maximum atomic E-state index is 12.2. The zero-order valence-corrected chi connectivity index (χ0v) is 11.0. The molecule has 1 N–H and O–H groups in total. The molecule has 6 heteroatoms. The van der Waals surface area contributed by atoms with Crippen molar-refractivity contribution < 1.29 is 8.42 Å². The molecule has 1 saturated carbocycles. The van der Waals surface area contributed by atoms with Crippen molar-refractivity contribution in [1.82, 2.24) is 9.71 Å². The van der Waals surface area contributed by atoms with Gasteiger partial charge in [0.1, 0.15) is 5.82 Å². The van der Waals surface area contributed by atoms with Gasteiger partial charge in [-0.2, -0.15) is 13.1 Å². The lowest BCUT2D eigenvalue weighted by Gasteiger charge is -2.27. The van der Waals surface area contributed by atoms with Gasteiger partial charge in [0.2, 0.25) is 0 Å². The molecule has 0 radical (unpaired) electrons. The molecule has 0 spiro atoms. The lowest BCUT2D eigenvalue weighted by atomic mass is 9.86. The van der Waals surface area contributed by atoms with Crippen molar-refractivity contribution >= 4 is 16.0 Å². The van der Waals surface area contributed by atoms with Crippen molar-refractivity contribution in [2.45, 2.75) is 25.7 Å². The van der Waals surface area contributed by atoms with E-state index < -0.39 is 10.2 Å². The Bertz CT molecular complexity index is 540. The second-order valence-corrected chi connectivity index (χ2v) is 6.64. The van der Waals surface area contributed by atoms with Crippen LogP contribution in [0.5, 0.6) is 0 Å². The topological polar surface area (TPSA) is 62.3 Å². The molecule has 0 bridgehead atoms. The monoisotopic (exact) mass is 267 g/mol. The highest BCUT2D eigenvalue weighted by molar-refractivity contribution is 7.90. The number of nitrogens with one attached hydrogen (secondary N) is 1. The number of aromatic nitrogens is 1. The van der Waals surface area contributed by atoms with Gasteiger partial charge in [-0.15, -0.1) is 0 Å². The fourth-order valence-corrected chi connectivity index (χ4v) is 3.74. The standard InChI is InChI=1S/C12H17N3O2S/c16-18(17,14-9-10-3-1-4-10)15-8-6-11-5-2-7-13-12(11)15/h2,5,7,10,14H,1,3-4,6,8-9H2. The first-order valence-corrected chi connectivity index (χ1v) is 7.82. The van der Waals surface area contributed by atoms with Crippen LogP contribution in [0.3, 0.4) is 0 Å². The Morgan fingerprint density at radius 2 is 2.28 bits per heavy atom. The molecule has 3 rings (SSSR count). The third-order valence-corrected chi connectivity index (χ3v) is 5.22. The molecule has 0 unspecified atom stereocenters. The van der Waals surface area contributed by atoms with E-state index in [-0.39, 0.29) is 0 Å². The zero-order chi connectivity index (χ0) is 12.6. The van der Waals surface area contributed by atoms with Crippen molar-refractivity contribution in [1.29, 1.82) is 0 Å². The van der Waals surface area contributed by atoms with Crippen LogP contribution in [-0.4, -0.2) is 26.5 Å². The van der Waals surface area contributed by atoms with Crippen LogP contribution in [0.4, 0.5) is 5.82 Å². The average molecular weight is 267 g/mol. The molecular weight excluding hydrogens is 250 g/mol. The van der Waals surface area contributed by atoms with Crippen LogP contribution in [0.25, 0.3) is 0 Å². The summed E-state index contributed by atoms with van der Waals surface area (Å²) >= 11 is 0. The maximum Gasteiger partial charge on any atom is 0.302 e. The number of fused-ring (bicyclic) bond motifs is 1. The Balaban J connectivity index is 1.74. The molecular formula is C12H17N3O2S. The lowest BCUT2D eigenvalue weighted by molar-refractivity contribution is 0.316. The number of anilines is 1. The minimum absolute atomic E-state index is 0.492. The summed E-state index contributed by atoms with van der Waals surface area (Å²) in [6.45, 7) is 1.05. The zero-order valence-electron chi connectivity index (χ0n) is 10.2. The predicted molar refractivity (Wildman–Crippen MR) is 69.6 cm³/mol. The molecule has 98 valence electrons. The van der Waals surface area contributed by atoms with Gasteiger partial charge in [0, 0.05) is 19.3 Å². The Kier molecular flexibility index (Phi) is 2.99. The van der Waals surface area contributed by atoms with Gasteiger partial charge in [-0.25, -0.2) is 9.29 Å². The molecule has 1 aliphatic heterocycles. The molecule has 0 atom stereocenters. The summed E-state index contributed by atoms with van der Waals surface area (Å²) in [5, 5.41) is 0. The van der Waals surface area contributed by atoms with Gasteiger partial charge in [0.05, 0.1) is 0 Å². The third-order valence-electron chi connectivity index (χ3n) is 3.76. The number of hydrogen-bond donors (Lipinski definition) is 1. The Morgan fingerprint density at radius 3 is 3.00 bits per heavy atom. The molecule has 1 aliphatic carbocycles. The van der Waals surface area contributed by atoms with Crippen LogP contribution in [0.1, 0.15) is 24.8 Å². The van der Waals surface area contributed by atoms with Gasteiger partial charge in [-0.3, -0.25) is 0 Å². The second-order valence-electron chi connectivity index (χ2n) is 4.96. The fraction of sp³-hybridized carbons (Fsp3) is 0.583. The highest BCUT2D eigenvalue weighted by Gasteiger charge is 2.31. The van der Waals surface area contributed by atoms with Gasteiger partial charge in [0.15, 0.2) is 0 Å². The van der Waals surface area contributed by atoms with Crippen LogP contribution in [0.15, 0.2) is 18.3 Å². The van der Waals surface area contributed by atoms with Crippen LogP contribution in [0.2, 0.25) is 0 Å². The molecule has 2 heterocycles. The van der Waals surface area contributed by atoms with Crippen molar-refractivity contribution in [2.24, 2.45) is 5.92 Å². The van der Waals surface area contributed by atoms with E-state index in [1.807, 2.05) is 12.1 Å². The van der Waals surface area contributed by atoms with Crippen molar-refractivity contribution in [2.75, 3.05) is 17.4 Å². The van der Waals surface area contributed by atoms with E-state index in [4.69, 9.17) is 0 Å². The van der Waals surface area contributed by atoms with Gasteiger partial charge in [0.25, 0.3) is 0 Å². The van der Waals surface area contributed by atoms with Crippen LogP contribution >= 0.6 is 0 Å². The lowest BCUT2D eigenvalue weighted by Crippen LogP contribution is -2.43. The molecule has 2 aliphatic rings. The summed E-state index contributed by atoms with van der Waals surface area (Å²) in [7, 11) is -3.42. The molecule has 1 fully saturated rings. The normalized spacial score (nSPS) is 19.7. The van der Waals surface area contributed by atoms with E-state index in [2.05, 4.69) is 9.71 Å². The second kappa shape index (κ2) is 4.51. The average Bonchev–Trinajstić information content (AvgIpc) is 2.71. The van der Waals surface area contributed by atoms with Gasteiger partial charge >= 0.3 is 10.2 Å². The number of rotatable bonds is 4. The smallest absolute Gasteiger partial charge is 0.241 e. The molecule has 0 amide bonds.